The average molecular weight is 486 g/mol. The van der Waals surface area contributed by atoms with E-state index in [4.69, 9.17) is 5.73 Å². The van der Waals surface area contributed by atoms with Crippen molar-refractivity contribution in [2.45, 2.75) is 44.5 Å². The van der Waals surface area contributed by atoms with E-state index in [-0.39, 0.29) is 47.9 Å². The van der Waals surface area contributed by atoms with E-state index in [1.807, 2.05) is 0 Å². The molecule has 1 aliphatic heterocycles. The van der Waals surface area contributed by atoms with Crippen molar-refractivity contribution >= 4 is 28.5 Å². The molecule has 35 heavy (non-hydrogen) atoms. The van der Waals surface area contributed by atoms with Crippen LogP contribution in [0.1, 0.15) is 28.9 Å². The van der Waals surface area contributed by atoms with Crippen LogP contribution in [0.25, 0.3) is 10.9 Å². The molecule has 1 aliphatic carbocycles. The second-order valence-electron chi connectivity index (χ2n) is 8.75. The van der Waals surface area contributed by atoms with Gasteiger partial charge in [0.05, 0.1) is 11.6 Å². The molecule has 8 nitrogen and oxygen atoms in total. The molecule has 1 aromatic heterocycles. The summed E-state index contributed by atoms with van der Waals surface area (Å²) in [5.74, 6) is -2.94. The number of alkyl halides is 2. The molecule has 2 heterocycles. The van der Waals surface area contributed by atoms with Crippen LogP contribution < -0.4 is 10.5 Å². The van der Waals surface area contributed by atoms with Gasteiger partial charge in [0.25, 0.3) is 5.91 Å². The summed E-state index contributed by atoms with van der Waals surface area (Å²) in [6.45, 7) is -3.40. The van der Waals surface area contributed by atoms with E-state index in [2.05, 4.69) is 9.84 Å². The van der Waals surface area contributed by atoms with E-state index in [0.717, 1.165) is 12.5 Å². The maximum Gasteiger partial charge on any atom is 0.387 e. The van der Waals surface area contributed by atoms with Gasteiger partial charge in [-0.2, -0.15) is 13.9 Å². The number of primary amides is 1. The number of likely N-dealkylation sites (tertiary alicyclic amines) is 1. The predicted molar refractivity (Wildman–Crippen MR) is 117 cm³/mol. The molecule has 2 aliphatic rings. The lowest BCUT2D eigenvalue weighted by Crippen LogP contribution is -2.45. The number of Topliss-reactive ketones (excluding diaryl/α,β-unsaturated/α-hetero) is 1. The third kappa shape index (κ3) is 4.22. The predicted octanol–water partition coefficient (Wildman–Crippen LogP) is 2.68. The van der Waals surface area contributed by atoms with Gasteiger partial charge in [-0.25, -0.2) is 4.39 Å². The van der Waals surface area contributed by atoms with Gasteiger partial charge in [-0.3, -0.25) is 19.1 Å². The molecule has 5 rings (SSSR count). The lowest BCUT2D eigenvalue weighted by Gasteiger charge is -2.27. The number of amides is 2. The number of fused-ring (bicyclic) bond motifs is 2. The Balaban J connectivity index is 1.36. The monoisotopic (exact) mass is 486 g/mol. The summed E-state index contributed by atoms with van der Waals surface area (Å²) in [7, 11) is 0. The summed E-state index contributed by atoms with van der Waals surface area (Å²) >= 11 is 0. The normalized spacial score (nSPS) is 20.8. The van der Waals surface area contributed by atoms with Gasteiger partial charge in [0.15, 0.2) is 23.0 Å². The Labute approximate surface area is 197 Å². The number of ether oxygens (including phenoxy) is 1. The number of carbonyl (C=O) groups excluding carboxylic acids is 3. The highest BCUT2D eigenvalue weighted by Crippen LogP contribution is 2.48. The van der Waals surface area contributed by atoms with Crippen molar-refractivity contribution in [1.29, 1.82) is 0 Å². The van der Waals surface area contributed by atoms with Gasteiger partial charge in [0.2, 0.25) is 5.91 Å². The number of para-hydroxylation sites is 1. The van der Waals surface area contributed by atoms with Crippen LogP contribution >= 0.6 is 0 Å². The van der Waals surface area contributed by atoms with Crippen LogP contribution in [0, 0.1) is 11.7 Å². The van der Waals surface area contributed by atoms with E-state index < -0.39 is 30.1 Å². The Kier molecular flexibility index (Phi) is 5.70. The molecule has 3 atom stereocenters. The van der Waals surface area contributed by atoms with Crippen LogP contribution in [-0.2, 0) is 22.6 Å². The lowest BCUT2D eigenvalue weighted by atomic mass is 9.99. The topological polar surface area (TPSA) is 108 Å². The first-order valence-corrected chi connectivity index (χ1v) is 11.1. The highest BCUT2D eigenvalue weighted by molar-refractivity contribution is 6.04. The van der Waals surface area contributed by atoms with Gasteiger partial charge < -0.3 is 15.4 Å². The summed E-state index contributed by atoms with van der Waals surface area (Å²) < 4.78 is 45.2. The molecular formula is C24H21F3N4O4. The zero-order valence-corrected chi connectivity index (χ0v) is 18.4. The molecule has 1 saturated carbocycles. The largest absolute Gasteiger partial charge is 0.432 e. The maximum absolute atomic E-state index is 14.6. The first-order chi connectivity index (χ1) is 16.7. The van der Waals surface area contributed by atoms with Gasteiger partial charge in [-0.05, 0) is 36.5 Å². The number of halogens is 3. The van der Waals surface area contributed by atoms with Crippen LogP contribution in [0.4, 0.5) is 13.2 Å². The number of nitrogens with zero attached hydrogens (tertiary/aromatic N) is 3. The molecule has 3 aromatic rings. The fourth-order valence-corrected chi connectivity index (χ4v) is 4.93. The van der Waals surface area contributed by atoms with Crippen LogP contribution in [0.5, 0.6) is 5.75 Å². The van der Waals surface area contributed by atoms with Crippen molar-refractivity contribution in [2.24, 2.45) is 11.7 Å². The minimum Gasteiger partial charge on any atom is -0.432 e. The summed E-state index contributed by atoms with van der Waals surface area (Å²) in [6.07, 6.45) is 0.862. The van der Waals surface area contributed by atoms with Crippen LogP contribution in [0.3, 0.4) is 0 Å². The summed E-state index contributed by atoms with van der Waals surface area (Å²) in [5, 5.41) is 4.73. The molecule has 2 aromatic carbocycles. The molecule has 0 spiro atoms. The number of ketones is 1. The summed E-state index contributed by atoms with van der Waals surface area (Å²) in [5.41, 5.74) is 5.95. The highest BCUT2D eigenvalue weighted by Gasteiger charge is 2.55. The van der Waals surface area contributed by atoms with Crippen molar-refractivity contribution < 1.29 is 32.3 Å². The molecule has 0 radical (unpaired) electrons. The minimum absolute atomic E-state index is 0.0492. The van der Waals surface area contributed by atoms with Crippen molar-refractivity contribution in [3.8, 4) is 5.75 Å². The van der Waals surface area contributed by atoms with Crippen LogP contribution in [-0.4, -0.2) is 51.0 Å². The second-order valence-corrected chi connectivity index (χ2v) is 8.75. The number of piperidine rings is 1. The smallest absolute Gasteiger partial charge is 0.387 e. The third-order valence-electron chi connectivity index (χ3n) is 6.56. The molecule has 2 amide bonds. The molecule has 1 saturated heterocycles. The number of hydrogen-bond donors (Lipinski definition) is 1. The van der Waals surface area contributed by atoms with Crippen molar-refractivity contribution in [3.05, 3.63) is 59.5 Å². The highest BCUT2D eigenvalue weighted by atomic mass is 19.3. The van der Waals surface area contributed by atoms with Gasteiger partial charge in [-0.15, -0.1) is 0 Å². The number of carbonyl (C=O) groups is 3. The van der Waals surface area contributed by atoms with Gasteiger partial charge >= 0.3 is 6.61 Å². The SMILES string of the molecule is NC(=O)c1nn(CC(=O)N2[C@@H]3C[C@@H]3C[C@H]2C(=O)Cc2cccc(OC(F)F)c2F)c2ccccc12. The van der Waals surface area contributed by atoms with E-state index in [1.165, 1.54) is 21.7 Å². The Morgan fingerprint density at radius 1 is 1.11 bits per heavy atom. The standard InChI is InChI=1S/C24H21F3N4O4/c25-21-12(4-3-7-19(21)35-24(26)27)10-18(32)17-9-13-8-16(13)31(17)20(33)11-30-15-6-2-1-5-14(15)22(29-30)23(28)34/h1-7,13,16-17,24H,8-11H2,(H2,28,34)/t13-,16-,17+/m1/s1. The summed E-state index contributed by atoms with van der Waals surface area (Å²) in [4.78, 5) is 39.7. The molecule has 182 valence electrons. The maximum atomic E-state index is 14.6. The number of hydrogen-bond acceptors (Lipinski definition) is 5. The summed E-state index contributed by atoms with van der Waals surface area (Å²) in [6, 6.07) is 9.74. The Morgan fingerprint density at radius 3 is 2.63 bits per heavy atom. The quantitative estimate of drug-likeness (QED) is 0.527. The lowest BCUT2D eigenvalue weighted by molar-refractivity contribution is -0.139. The van der Waals surface area contributed by atoms with E-state index in [1.54, 1.807) is 24.3 Å². The molecule has 0 bridgehead atoms. The number of benzene rings is 2. The molecule has 2 fully saturated rings. The number of nitrogens with two attached hydrogens (primary N) is 1. The zero-order valence-electron chi connectivity index (χ0n) is 18.4. The van der Waals surface area contributed by atoms with Crippen molar-refractivity contribution in [3.63, 3.8) is 0 Å². The first kappa shape index (κ1) is 22.9. The van der Waals surface area contributed by atoms with E-state index in [9.17, 15) is 27.6 Å². The first-order valence-electron chi connectivity index (χ1n) is 11.1. The zero-order chi connectivity index (χ0) is 24.9. The molecule has 0 unspecified atom stereocenters. The van der Waals surface area contributed by atoms with Crippen LogP contribution in [0.15, 0.2) is 42.5 Å². The Bertz CT molecular complexity index is 1340. The molecule has 11 heteroatoms. The molecular weight excluding hydrogens is 465 g/mol. The fraction of sp³-hybridized carbons (Fsp3) is 0.333. The van der Waals surface area contributed by atoms with Gasteiger partial charge in [-0.1, -0.05) is 30.3 Å². The Morgan fingerprint density at radius 2 is 1.89 bits per heavy atom. The minimum atomic E-state index is -3.20. The van der Waals surface area contributed by atoms with Crippen LogP contribution in [0.2, 0.25) is 0 Å². The average Bonchev–Trinajstić information content (AvgIpc) is 3.31. The van der Waals surface area contributed by atoms with Crippen molar-refractivity contribution in [1.82, 2.24) is 14.7 Å². The van der Waals surface area contributed by atoms with Gasteiger partial charge in [0.1, 0.15) is 6.54 Å². The number of rotatable bonds is 8. The third-order valence-corrected chi connectivity index (χ3v) is 6.56. The second kappa shape index (κ2) is 8.71. The van der Waals surface area contributed by atoms with E-state index >= 15 is 0 Å². The van der Waals surface area contributed by atoms with E-state index in [0.29, 0.717) is 17.3 Å². The number of aromatic nitrogens is 2. The Hall–Kier alpha value is -3.89. The van der Waals surface area contributed by atoms with Crippen molar-refractivity contribution in [2.75, 3.05) is 0 Å². The molecule has 2 N–H and O–H groups in total. The fourth-order valence-electron chi connectivity index (χ4n) is 4.93. The van der Waals surface area contributed by atoms with Gasteiger partial charge in [0, 0.05) is 17.8 Å².